The number of amides is 1. The van der Waals surface area contributed by atoms with Gasteiger partial charge in [-0.1, -0.05) is 30.5 Å². The predicted octanol–water partition coefficient (Wildman–Crippen LogP) is 3.15. The van der Waals surface area contributed by atoms with E-state index in [0.29, 0.717) is 12.3 Å². The van der Waals surface area contributed by atoms with Gasteiger partial charge < -0.3 is 11.1 Å². The Morgan fingerprint density at radius 2 is 2.05 bits per heavy atom. The third kappa shape index (κ3) is 3.80. The van der Waals surface area contributed by atoms with E-state index in [0.717, 1.165) is 24.1 Å². The number of anilines is 1. The Labute approximate surface area is 115 Å². The van der Waals surface area contributed by atoms with Crippen LogP contribution in [-0.4, -0.2) is 11.9 Å². The molecule has 0 radical (unpaired) electrons. The van der Waals surface area contributed by atoms with Gasteiger partial charge in [0.15, 0.2) is 0 Å². The minimum atomic E-state index is 0.0919. The molecule has 0 spiro atoms. The smallest absolute Gasteiger partial charge is 0.224 e. The lowest BCUT2D eigenvalue weighted by Crippen LogP contribution is -2.35. The van der Waals surface area contributed by atoms with Gasteiger partial charge in [-0.05, 0) is 44.2 Å². The van der Waals surface area contributed by atoms with Crippen LogP contribution in [0.1, 0.15) is 43.2 Å². The first kappa shape index (κ1) is 14.1. The molecule has 2 rings (SSSR count). The molecule has 3 heteroatoms. The molecule has 0 aliphatic heterocycles. The molecule has 1 aliphatic carbocycles. The summed E-state index contributed by atoms with van der Waals surface area (Å²) < 4.78 is 0. The van der Waals surface area contributed by atoms with E-state index in [4.69, 9.17) is 5.73 Å². The van der Waals surface area contributed by atoms with Crippen molar-refractivity contribution >= 4 is 11.6 Å². The molecule has 2 unspecified atom stereocenters. The van der Waals surface area contributed by atoms with E-state index in [1.807, 2.05) is 19.1 Å². The van der Waals surface area contributed by atoms with Gasteiger partial charge in [-0.15, -0.1) is 0 Å². The number of hydrogen-bond acceptors (Lipinski definition) is 2. The van der Waals surface area contributed by atoms with E-state index < -0.39 is 0 Å². The Bertz CT molecular complexity index is 456. The van der Waals surface area contributed by atoms with Crippen molar-refractivity contribution in [2.75, 3.05) is 5.32 Å². The maximum Gasteiger partial charge on any atom is 0.224 e. The van der Waals surface area contributed by atoms with E-state index in [2.05, 4.69) is 18.3 Å². The lowest BCUT2D eigenvalue weighted by molar-refractivity contribution is -0.117. The quantitative estimate of drug-likeness (QED) is 0.877. The highest BCUT2D eigenvalue weighted by Crippen LogP contribution is 2.26. The zero-order chi connectivity index (χ0) is 13.8. The number of nitrogens with two attached hydrogens (primary N) is 1. The number of aryl methyl sites for hydroxylation is 2. The SMILES string of the molecule is Cc1ccc(NC(=O)CC2CCCCC2N)c(C)c1. The molecule has 0 heterocycles. The van der Waals surface area contributed by atoms with Crippen LogP contribution in [0.4, 0.5) is 5.69 Å². The molecule has 104 valence electrons. The molecule has 3 nitrogen and oxygen atoms in total. The molecule has 1 amide bonds. The number of benzene rings is 1. The van der Waals surface area contributed by atoms with Crippen LogP contribution in [0.15, 0.2) is 18.2 Å². The first-order valence-electron chi connectivity index (χ1n) is 7.19. The Kier molecular flexibility index (Phi) is 4.59. The zero-order valence-corrected chi connectivity index (χ0v) is 11.9. The van der Waals surface area contributed by atoms with Gasteiger partial charge in [-0.25, -0.2) is 0 Å². The monoisotopic (exact) mass is 260 g/mol. The normalized spacial score (nSPS) is 23.1. The van der Waals surface area contributed by atoms with Crippen molar-refractivity contribution in [2.24, 2.45) is 11.7 Å². The molecule has 2 atom stereocenters. The second kappa shape index (κ2) is 6.20. The molecule has 0 bridgehead atoms. The summed E-state index contributed by atoms with van der Waals surface area (Å²) in [6.45, 7) is 4.08. The number of nitrogens with one attached hydrogen (secondary N) is 1. The van der Waals surface area contributed by atoms with Crippen molar-refractivity contribution in [3.05, 3.63) is 29.3 Å². The summed E-state index contributed by atoms with van der Waals surface area (Å²) >= 11 is 0. The van der Waals surface area contributed by atoms with Gasteiger partial charge in [-0.2, -0.15) is 0 Å². The molecular weight excluding hydrogens is 236 g/mol. The fraction of sp³-hybridized carbons (Fsp3) is 0.562. The topological polar surface area (TPSA) is 55.1 Å². The van der Waals surface area contributed by atoms with Gasteiger partial charge in [0.25, 0.3) is 0 Å². The largest absolute Gasteiger partial charge is 0.327 e. The molecule has 1 aliphatic rings. The van der Waals surface area contributed by atoms with Crippen molar-refractivity contribution in [1.82, 2.24) is 0 Å². The van der Waals surface area contributed by atoms with Crippen molar-refractivity contribution in [3.63, 3.8) is 0 Å². The third-order valence-electron chi connectivity index (χ3n) is 4.07. The van der Waals surface area contributed by atoms with Gasteiger partial charge in [0.05, 0.1) is 0 Å². The van der Waals surface area contributed by atoms with Crippen LogP contribution in [0.5, 0.6) is 0 Å². The molecule has 1 fully saturated rings. The third-order valence-corrected chi connectivity index (χ3v) is 4.07. The molecule has 1 aromatic rings. The number of hydrogen-bond donors (Lipinski definition) is 2. The summed E-state index contributed by atoms with van der Waals surface area (Å²) in [5.41, 5.74) is 9.33. The van der Waals surface area contributed by atoms with Crippen LogP contribution in [0, 0.1) is 19.8 Å². The minimum Gasteiger partial charge on any atom is -0.327 e. The Hall–Kier alpha value is -1.35. The van der Waals surface area contributed by atoms with Gasteiger partial charge in [0.2, 0.25) is 5.91 Å². The highest BCUT2D eigenvalue weighted by Gasteiger charge is 2.24. The second-order valence-electron chi connectivity index (χ2n) is 5.78. The first-order chi connectivity index (χ1) is 9.06. The maximum absolute atomic E-state index is 12.1. The van der Waals surface area contributed by atoms with Crippen LogP contribution < -0.4 is 11.1 Å². The average molecular weight is 260 g/mol. The van der Waals surface area contributed by atoms with Crippen LogP contribution in [0.3, 0.4) is 0 Å². The lowest BCUT2D eigenvalue weighted by atomic mass is 9.83. The molecular formula is C16H24N2O. The minimum absolute atomic E-state index is 0.0919. The highest BCUT2D eigenvalue weighted by atomic mass is 16.1. The van der Waals surface area contributed by atoms with E-state index in [-0.39, 0.29) is 11.9 Å². The number of rotatable bonds is 3. The second-order valence-corrected chi connectivity index (χ2v) is 5.78. The lowest BCUT2D eigenvalue weighted by Gasteiger charge is -2.28. The van der Waals surface area contributed by atoms with Gasteiger partial charge >= 0.3 is 0 Å². The first-order valence-corrected chi connectivity index (χ1v) is 7.19. The fourth-order valence-corrected chi connectivity index (χ4v) is 2.88. The highest BCUT2D eigenvalue weighted by molar-refractivity contribution is 5.91. The molecule has 1 aromatic carbocycles. The van der Waals surface area contributed by atoms with E-state index >= 15 is 0 Å². The molecule has 0 saturated heterocycles. The van der Waals surface area contributed by atoms with Crippen LogP contribution in [0.2, 0.25) is 0 Å². The zero-order valence-electron chi connectivity index (χ0n) is 11.9. The van der Waals surface area contributed by atoms with Crippen LogP contribution in [0.25, 0.3) is 0 Å². The number of carbonyl (C=O) groups excluding carboxylic acids is 1. The summed E-state index contributed by atoms with van der Waals surface area (Å²) in [6.07, 6.45) is 5.10. The summed E-state index contributed by atoms with van der Waals surface area (Å²) in [7, 11) is 0. The van der Waals surface area contributed by atoms with Crippen molar-refractivity contribution in [3.8, 4) is 0 Å². The molecule has 1 saturated carbocycles. The Morgan fingerprint density at radius 1 is 1.32 bits per heavy atom. The van der Waals surface area contributed by atoms with Gasteiger partial charge in [-0.3, -0.25) is 4.79 Å². The summed E-state index contributed by atoms with van der Waals surface area (Å²) in [6, 6.07) is 6.28. The Balaban J connectivity index is 1.93. The van der Waals surface area contributed by atoms with Crippen molar-refractivity contribution < 1.29 is 4.79 Å². The number of carbonyl (C=O) groups is 1. The average Bonchev–Trinajstić information content (AvgIpc) is 2.36. The summed E-state index contributed by atoms with van der Waals surface area (Å²) in [5.74, 6) is 0.439. The van der Waals surface area contributed by atoms with Gasteiger partial charge in [0.1, 0.15) is 0 Å². The molecule has 19 heavy (non-hydrogen) atoms. The van der Waals surface area contributed by atoms with E-state index in [1.165, 1.54) is 18.4 Å². The molecule has 3 N–H and O–H groups in total. The fourth-order valence-electron chi connectivity index (χ4n) is 2.88. The summed E-state index contributed by atoms with van der Waals surface area (Å²) in [4.78, 5) is 12.1. The van der Waals surface area contributed by atoms with Crippen molar-refractivity contribution in [2.45, 2.75) is 52.0 Å². The Morgan fingerprint density at radius 3 is 2.74 bits per heavy atom. The van der Waals surface area contributed by atoms with Crippen molar-refractivity contribution in [1.29, 1.82) is 0 Å². The van der Waals surface area contributed by atoms with Crippen LogP contribution in [-0.2, 0) is 4.79 Å². The van der Waals surface area contributed by atoms with Crippen LogP contribution >= 0.6 is 0 Å². The van der Waals surface area contributed by atoms with E-state index in [1.54, 1.807) is 0 Å². The maximum atomic E-state index is 12.1. The molecule has 0 aromatic heterocycles. The standard InChI is InChI=1S/C16H24N2O/c1-11-7-8-15(12(2)9-11)18-16(19)10-13-5-3-4-6-14(13)17/h7-9,13-14H,3-6,10,17H2,1-2H3,(H,18,19). The van der Waals surface area contributed by atoms with E-state index in [9.17, 15) is 4.79 Å². The van der Waals surface area contributed by atoms with Gasteiger partial charge in [0, 0.05) is 18.2 Å². The predicted molar refractivity (Wildman–Crippen MR) is 79.1 cm³/mol. The summed E-state index contributed by atoms with van der Waals surface area (Å²) in [5, 5.41) is 3.01.